The van der Waals surface area contributed by atoms with Gasteiger partial charge in [0.15, 0.2) is 0 Å². The number of carboxylic acid groups (broad SMARTS) is 1. The third-order valence-corrected chi connectivity index (χ3v) is 4.37. The molecule has 8 heteroatoms. The molecule has 2 aromatic rings. The maximum Gasteiger partial charge on any atom is 0.335 e. The smallest absolute Gasteiger partial charge is 0.335 e. The molecule has 0 radical (unpaired) electrons. The van der Waals surface area contributed by atoms with E-state index in [0.29, 0.717) is 48.4 Å². The molecule has 1 aromatic carbocycles. The standard InChI is InChI=1S/C19H15ClN2O5/c20-16-3-1-12(19(24)25)10-15(16)17-4-2-14(27-17)9-13(11-21)18(23)22-5-7-26-8-6-22/h1-4,9-10H,5-8H2,(H,24,25)/b13-9+. The number of hydrogen-bond acceptors (Lipinski definition) is 5. The van der Waals surface area contributed by atoms with Gasteiger partial charge in [0.25, 0.3) is 5.91 Å². The number of nitrogens with zero attached hydrogens (tertiary/aromatic N) is 2. The lowest BCUT2D eigenvalue weighted by Crippen LogP contribution is -2.41. The molecule has 0 unspecified atom stereocenters. The van der Waals surface area contributed by atoms with E-state index in [2.05, 4.69) is 0 Å². The van der Waals surface area contributed by atoms with Gasteiger partial charge in [0.1, 0.15) is 23.2 Å². The van der Waals surface area contributed by atoms with Gasteiger partial charge in [0.2, 0.25) is 0 Å². The van der Waals surface area contributed by atoms with Crippen LogP contribution in [0, 0.1) is 11.3 Å². The Labute approximate surface area is 160 Å². The predicted octanol–water partition coefficient (Wildman–Crippen LogP) is 3.06. The molecule has 3 rings (SSSR count). The van der Waals surface area contributed by atoms with Crippen molar-refractivity contribution >= 4 is 29.6 Å². The summed E-state index contributed by atoms with van der Waals surface area (Å²) in [5.41, 5.74) is 0.431. The SMILES string of the molecule is N#C/C(=C\c1ccc(-c2cc(C(=O)O)ccc2Cl)o1)C(=O)N1CCOCC1. The van der Waals surface area contributed by atoms with E-state index in [9.17, 15) is 14.9 Å². The van der Waals surface area contributed by atoms with Gasteiger partial charge in [-0.25, -0.2) is 4.79 Å². The summed E-state index contributed by atoms with van der Waals surface area (Å²) in [7, 11) is 0. The van der Waals surface area contributed by atoms with Gasteiger partial charge < -0.3 is 19.2 Å². The Bertz CT molecular complexity index is 951. The number of carbonyl (C=O) groups is 2. The Kier molecular flexibility index (Phi) is 5.60. The van der Waals surface area contributed by atoms with Crippen LogP contribution in [-0.4, -0.2) is 48.2 Å². The van der Waals surface area contributed by atoms with E-state index >= 15 is 0 Å². The number of hydrogen-bond donors (Lipinski definition) is 1. The Morgan fingerprint density at radius 3 is 2.63 bits per heavy atom. The van der Waals surface area contributed by atoms with E-state index < -0.39 is 5.97 Å². The second-order valence-corrected chi connectivity index (χ2v) is 6.18. The van der Waals surface area contributed by atoms with Crippen molar-refractivity contribution in [2.24, 2.45) is 0 Å². The van der Waals surface area contributed by atoms with E-state index in [1.807, 2.05) is 6.07 Å². The molecule has 138 valence electrons. The largest absolute Gasteiger partial charge is 0.478 e. The van der Waals surface area contributed by atoms with Gasteiger partial charge in [-0.2, -0.15) is 5.26 Å². The van der Waals surface area contributed by atoms with Gasteiger partial charge >= 0.3 is 5.97 Å². The molecule has 0 atom stereocenters. The van der Waals surface area contributed by atoms with Crippen LogP contribution in [0.25, 0.3) is 17.4 Å². The summed E-state index contributed by atoms with van der Waals surface area (Å²) in [6.45, 7) is 1.74. The molecule has 0 aliphatic carbocycles. The van der Waals surface area contributed by atoms with Crippen molar-refractivity contribution < 1.29 is 23.8 Å². The molecule has 0 spiro atoms. The van der Waals surface area contributed by atoms with Crippen molar-refractivity contribution in [3.05, 3.63) is 52.3 Å². The minimum absolute atomic E-state index is 0.0526. The third-order valence-electron chi connectivity index (χ3n) is 4.04. The molecule has 1 aromatic heterocycles. The fourth-order valence-electron chi connectivity index (χ4n) is 2.64. The third kappa shape index (κ3) is 4.19. The first-order chi connectivity index (χ1) is 13.0. The summed E-state index contributed by atoms with van der Waals surface area (Å²) in [6.07, 6.45) is 1.36. The minimum Gasteiger partial charge on any atom is -0.478 e. The first-order valence-corrected chi connectivity index (χ1v) is 8.49. The van der Waals surface area contributed by atoms with Crippen LogP contribution >= 0.6 is 11.6 Å². The highest BCUT2D eigenvalue weighted by Gasteiger charge is 2.21. The van der Waals surface area contributed by atoms with Gasteiger partial charge in [-0.15, -0.1) is 0 Å². The first-order valence-electron chi connectivity index (χ1n) is 8.11. The fraction of sp³-hybridized carbons (Fsp3) is 0.211. The van der Waals surface area contributed by atoms with Gasteiger partial charge in [-0.05, 0) is 30.3 Å². The minimum atomic E-state index is -1.08. The second kappa shape index (κ2) is 8.08. The second-order valence-electron chi connectivity index (χ2n) is 5.78. The molecule has 1 saturated heterocycles. The summed E-state index contributed by atoms with van der Waals surface area (Å²) in [5, 5.41) is 18.8. The predicted molar refractivity (Wildman–Crippen MR) is 97.1 cm³/mol. The zero-order valence-electron chi connectivity index (χ0n) is 14.1. The maximum absolute atomic E-state index is 12.4. The van der Waals surface area contributed by atoms with Crippen LogP contribution in [0.15, 0.2) is 40.3 Å². The highest BCUT2D eigenvalue weighted by atomic mass is 35.5. The van der Waals surface area contributed by atoms with E-state index in [1.165, 1.54) is 24.3 Å². The molecule has 1 aliphatic heterocycles. The lowest BCUT2D eigenvalue weighted by Gasteiger charge is -2.26. The number of furan rings is 1. The van der Waals surface area contributed by atoms with Gasteiger partial charge in [0.05, 0.1) is 23.8 Å². The average molecular weight is 387 g/mol. The van der Waals surface area contributed by atoms with Crippen molar-refractivity contribution in [2.45, 2.75) is 0 Å². The van der Waals surface area contributed by atoms with Crippen LogP contribution in [-0.2, 0) is 9.53 Å². The topological polar surface area (TPSA) is 104 Å². The molecule has 27 heavy (non-hydrogen) atoms. The molecule has 1 aliphatic rings. The summed E-state index contributed by atoms with van der Waals surface area (Å²) in [6, 6.07) is 9.36. The molecule has 7 nitrogen and oxygen atoms in total. The quantitative estimate of drug-likeness (QED) is 0.639. The van der Waals surface area contributed by atoms with Crippen molar-refractivity contribution in [3.8, 4) is 17.4 Å². The van der Waals surface area contributed by atoms with E-state index in [1.54, 1.807) is 17.0 Å². The summed E-state index contributed by atoms with van der Waals surface area (Å²) < 4.78 is 10.9. The van der Waals surface area contributed by atoms with Crippen molar-refractivity contribution in [1.82, 2.24) is 4.90 Å². The molecule has 1 amide bonds. The lowest BCUT2D eigenvalue weighted by molar-refractivity contribution is -0.130. The normalized spacial score (nSPS) is 14.7. The summed E-state index contributed by atoms with van der Waals surface area (Å²) in [5.74, 6) is -0.836. The summed E-state index contributed by atoms with van der Waals surface area (Å²) >= 11 is 6.14. The Balaban J connectivity index is 1.87. The van der Waals surface area contributed by atoms with Crippen LogP contribution in [0.3, 0.4) is 0 Å². The number of benzene rings is 1. The van der Waals surface area contributed by atoms with E-state index in [-0.39, 0.29) is 17.0 Å². The number of carbonyl (C=O) groups excluding carboxylic acids is 1. The number of ether oxygens (including phenoxy) is 1. The van der Waals surface area contributed by atoms with Crippen LogP contribution in [0.5, 0.6) is 0 Å². The molecule has 1 fully saturated rings. The lowest BCUT2D eigenvalue weighted by atomic mass is 10.1. The fourth-order valence-corrected chi connectivity index (χ4v) is 2.85. The van der Waals surface area contributed by atoms with Gasteiger partial charge in [-0.3, -0.25) is 4.79 Å². The van der Waals surface area contributed by atoms with Crippen LogP contribution < -0.4 is 0 Å². The van der Waals surface area contributed by atoms with Crippen molar-refractivity contribution in [2.75, 3.05) is 26.3 Å². The molecule has 0 bridgehead atoms. The molecule has 2 heterocycles. The monoisotopic (exact) mass is 386 g/mol. The highest BCUT2D eigenvalue weighted by Crippen LogP contribution is 2.31. The van der Waals surface area contributed by atoms with E-state index in [4.69, 9.17) is 25.9 Å². The first kappa shape index (κ1) is 18.7. The zero-order valence-corrected chi connectivity index (χ0v) is 14.9. The Hall–Kier alpha value is -3.08. The van der Waals surface area contributed by atoms with Gasteiger partial charge in [0, 0.05) is 24.7 Å². The summed E-state index contributed by atoms with van der Waals surface area (Å²) in [4.78, 5) is 25.1. The molecule has 1 N–H and O–H groups in total. The van der Waals surface area contributed by atoms with Crippen molar-refractivity contribution in [3.63, 3.8) is 0 Å². The number of morpholine rings is 1. The van der Waals surface area contributed by atoms with Gasteiger partial charge in [-0.1, -0.05) is 11.6 Å². The van der Waals surface area contributed by atoms with E-state index in [0.717, 1.165) is 0 Å². The van der Waals surface area contributed by atoms with Crippen molar-refractivity contribution in [1.29, 1.82) is 5.26 Å². The number of aromatic carboxylic acids is 1. The average Bonchev–Trinajstić information content (AvgIpc) is 3.14. The number of carboxylic acids is 1. The van der Waals surface area contributed by atoms with Crippen LogP contribution in [0.2, 0.25) is 5.02 Å². The Morgan fingerprint density at radius 1 is 1.22 bits per heavy atom. The van der Waals surface area contributed by atoms with Crippen LogP contribution in [0.4, 0.5) is 0 Å². The maximum atomic E-state index is 12.4. The molecular weight excluding hydrogens is 372 g/mol. The number of amides is 1. The zero-order chi connectivity index (χ0) is 19.4. The Morgan fingerprint density at radius 2 is 1.96 bits per heavy atom. The molecule has 0 saturated carbocycles. The number of rotatable bonds is 4. The number of nitriles is 1. The highest BCUT2D eigenvalue weighted by molar-refractivity contribution is 6.33. The van der Waals surface area contributed by atoms with Crippen LogP contribution in [0.1, 0.15) is 16.1 Å². The molecular formula is C19H15ClN2O5. The number of halogens is 1.